The minimum atomic E-state index is -0.128. The average Bonchev–Trinajstić information content (AvgIpc) is 3.60. The third-order valence-electron chi connectivity index (χ3n) is 7.17. The van der Waals surface area contributed by atoms with Gasteiger partial charge in [-0.25, -0.2) is 4.79 Å². The van der Waals surface area contributed by atoms with Crippen molar-refractivity contribution in [2.24, 2.45) is 7.05 Å². The van der Waals surface area contributed by atoms with Crippen molar-refractivity contribution < 1.29 is 4.79 Å². The number of pyridine rings is 1. The monoisotopic (exact) mass is 441 g/mol. The molecule has 2 amide bonds. The van der Waals surface area contributed by atoms with Crippen molar-refractivity contribution in [3.8, 4) is 11.3 Å². The predicted octanol–water partition coefficient (Wildman–Crippen LogP) is 3.65. The van der Waals surface area contributed by atoms with Gasteiger partial charge in [-0.05, 0) is 44.0 Å². The summed E-state index contributed by atoms with van der Waals surface area (Å²) in [5.41, 5.74) is 5.05. The number of carbonyl (C=O) groups excluding carboxylic acids is 1. The van der Waals surface area contributed by atoms with Crippen LogP contribution in [0.1, 0.15) is 37.2 Å². The molecule has 0 saturated carbocycles. The molecule has 2 unspecified atom stereocenters. The summed E-state index contributed by atoms with van der Waals surface area (Å²) < 4.78 is 3.88. The van der Waals surface area contributed by atoms with Crippen LogP contribution in [-0.2, 0) is 19.0 Å². The molecule has 1 saturated heterocycles. The Morgan fingerprint density at radius 3 is 2.82 bits per heavy atom. The van der Waals surface area contributed by atoms with Crippen LogP contribution >= 0.6 is 0 Å². The highest BCUT2D eigenvalue weighted by atomic mass is 16.2. The van der Waals surface area contributed by atoms with E-state index < -0.39 is 0 Å². The molecule has 8 heteroatoms. The molecule has 5 heterocycles. The Balaban J connectivity index is 1.21. The Labute approximate surface area is 192 Å². The van der Waals surface area contributed by atoms with Crippen molar-refractivity contribution in [1.82, 2.24) is 34.8 Å². The molecule has 1 spiro atoms. The lowest BCUT2D eigenvalue weighted by Gasteiger charge is -2.24. The number of rotatable bonds is 3. The lowest BCUT2D eigenvalue weighted by atomic mass is 9.82. The van der Waals surface area contributed by atoms with Crippen molar-refractivity contribution in [1.29, 1.82) is 0 Å². The summed E-state index contributed by atoms with van der Waals surface area (Å²) in [7, 11) is 1.88. The molecule has 168 valence electrons. The standard InChI is InChI=1S/C25H27N7O/c1-17(20-7-10-30(2)28-20)27-24(33)31-11-8-25(16-31)9-12-32-23(25)14-22(29-32)19-13-18-5-3-4-6-21(18)26-15-19/h3-7,10,13-15,17H,8-9,11-12,16H2,1-2H3,(H,27,33). The van der Waals surface area contributed by atoms with Gasteiger partial charge in [0, 0.05) is 61.1 Å². The second-order valence-corrected chi connectivity index (χ2v) is 9.34. The Kier molecular flexibility index (Phi) is 4.50. The molecule has 2 atom stereocenters. The minimum Gasteiger partial charge on any atom is -0.330 e. The third kappa shape index (κ3) is 3.37. The van der Waals surface area contributed by atoms with Crippen LogP contribution < -0.4 is 5.32 Å². The number of aryl methyl sites for hydroxylation is 2. The number of fused-ring (bicyclic) bond motifs is 3. The van der Waals surface area contributed by atoms with Gasteiger partial charge in [-0.15, -0.1) is 0 Å². The van der Waals surface area contributed by atoms with Crippen LogP contribution in [-0.4, -0.2) is 48.6 Å². The number of benzene rings is 1. The fourth-order valence-corrected chi connectivity index (χ4v) is 5.29. The van der Waals surface area contributed by atoms with Gasteiger partial charge in [-0.3, -0.25) is 14.3 Å². The maximum absolute atomic E-state index is 13.0. The highest BCUT2D eigenvalue weighted by Gasteiger charge is 2.47. The van der Waals surface area contributed by atoms with Crippen molar-refractivity contribution in [2.45, 2.75) is 37.8 Å². The molecule has 6 rings (SSSR count). The number of para-hydroxylation sites is 1. The van der Waals surface area contributed by atoms with Gasteiger partial charge in [0.2, 0.25) is 0 Å². The maximum atomic E-state index is 13.0. The van der Waals surface area contributed by atoms with Gasteiger partial charge in [0.25, 0.3) is 0 Å². The first kappa shape index (κ1) is 20.0. The molecule has 0 aliphatic carbocycles. The molecular formula is C25H27N7O. The number of nitrogens with zero attached hydrogens (tertiary/aromatic N) is 6. The first-order valence-corrected chi connectivity index (χ1v) is 11.5. The lowest BCUT2D eigenvalue weighted by Crippen LogP contribution is -2.41. The van der Waals surface area contributed by atoms with E-state index in [0.29, 0.717) is 0 Å². The largest absolute Gasteiger partial charge is 0.330 e. The van der Waals surface area contributed by atoms with E-state index in [9.17, 15) is 4.79 Å². The summed E-state index contributed by atoms with van der Waals surface area (Å²) >= 11 is 0. The zero-order valence-electron chi connectivity index (χ0n) is 18.9. The van der Waals surface area contributed by atoms with Crippen LogP contribution in [0.15, 0.2) is 54.9 Å². The van der Waals surface area contributed by atoms with E-state index in [1.54, 1.807) is 4.68 Å². The van der Waals surface area contributed by atoms with Gasteiger partial charge in [0.05, 0.1) is 22.9 Å². The Bertz CT molecular complexity index is 1360. The molecule has 1 fully saturated rings. The van der Waals surface area contributed by atoms with Gasteiger partial charge in [-0.1, -0.05) is 18.2 Å². The predicted molar refractivity (Wildman–Crippen MR) is 126 cm³/mol. The number of nitrogens with one attached hydrogen (secondary N) is 1. The average molecular weight is 442 g/mol. The van der Waals surface area contributed by atoms with Crippen LogP contribution in [0.2, 0.25) is 0 Å². The molecule has 3 aromatic heterocycles. The van der Waals surface area contributed by atoms with Crippen LogP contribution in [0.5, 0.6) is 0 Å². The molecule has 2 aliphatic rings. The van der Waals surface area contributed by atoms with Crippen LogP contribution in [0.4, 0.5) is 4.79 Å². The number of carbonyl (C=O) groups is 1. The van der Waals surface area contributed by atoms with Crippen LogP contribution in [0, 0.1) is 0 Å². The fraction of sp³-hybridized carbons (Fsp3) is 0.360. The highest BCUT2D eigenvalue weighted by Crippen LogP contribution is 2.43. The molecule has 8 nitrogen and oxygen atoms in total. The molecule has 33 heavy (non-hydrogen) atoms. The first-order valence-electron chi connectivity index (χ1n) is 11.5. The minimum absolute atomic E-state index is 0.0260. The molecule has 1 N–H and O–H groups in total. The number of urea groups is 1. The van der Waals surface area contributed by atoms with Crippen molar-refractivity contribution >= 4 is 16.9 Å². The summed E-state index contributed by atoms with van der Waals surface area (Å²) in [6, 6.07) is 14.3. The smallest absolute Gasteiger partial charge is 0.317 e. The zero-order valence-corrected chi connectivity index (χ0v) is 18.9. The van der Waals surface area contributed by atoms with E-state index in [1.807, 2.05) is 55.5 Å². The van der Waals surface area contributed by atoms with Gasteiger partial charge in [0.15, 0.2) is 0 Å². The van der Waals surface area contributed by atoms with Gasteiger partial charge >= 0.3 is 6.03 Å². The third-order valence-corrected chi connectivity index (χ3v) is 7.17. The number of amides is 2. The first-order chi connectivity index (χ1) is 16.0. The van der Waals surface area contributed by atoms with Gasteiger partial charge in [0.1, 0.15) is 0 Å². The van der Waals surface area contributed by atoms with Crippen molar-refractivity contribution in [3.05, 3.63) is 66.2 Å². The Hall–Kier alpha value is -3.68. The summed E-state index contributed by atoms with van der Waals surface area (Å²) in [6.45, 7) is 4.32. The summed E-state index contributed by atoms with van der Waals surface area (Å²) in [5.74, 6) is 0. The Morgan fingerprint density at radius 1 is 1.12 bits per heavy atom. The summed E-state index contributed by atoms with van der Waals surface area (Å²) in [6.07, 6.45) is 5.77. The normalized spacial score (nSPS) is 20.5. The number of aromatic nitrogens is 5. The highest BCUT2D eigenvalue weighted by molar-refractivity contribution is 5.82. The quantitative estimate of drug-likeness (QED) is 0.526. The molecule has 1 aromatic carbocycles. The molecule has 2 aliphatic heterocycles. The van der Waals surface area contributed by atoms with E-state index >= 15 is 0 Å². The fourth-order valence-electron chi connectivity index (χ4n) is 5.29. The number of hydrogen-bond acceptors (Lipinski definition) is 4. The second-order valence-electron chi connectivity index (χ2n) is 9.34. The molecule has 0 radical (unpaired) electrons. The topological polar surface area (TPSA) is 80.9 Å². The summed E-state index contributed by atoms with van der Waals surface area (Å²) in [4.78, 5) is 19.5. The van der Waals surface area contributed by atoms with Crippen LogP contribution in [0.25, 0.3) is 22.2 Å². The molecule has 0 bridgehead atoms. The van der Waals surface area contributed by atoms with Crippen molar-refractivity contribution in [3.63, 3.8) is 0 Å². The zero-order chi connectivity index (χ0) is 22.6. The van der Waals surface area contributed by atoms with E-state index in [1.165, 1.54) is 5.69 Å². The van der Waals surface area contributed by atoms with Gasteiger partial charge in [-0.2, -0.15) is 10.2 Å². The Morgan fingerprint density at radius 2 is 1.97 bits per heavy atom. The lowest BCUT2D eigenvalue weighted by molar-refractivity contribution is 0.202. The molecular weight excluding hydrogens is 414 g/mol. The number of likely N-dealkylation sites (tertiary alicyclic amines) is 1. The maximum Gasteiger partial charge on any atom is 0.317 e. The second kappa shape index (κ2) is 7.43. The number of hydrogen-bond donors (Lipinski definition) is 1. The van der Waals surface area contributed by atoms with E-state index in [2.05, 4.69) is 38.3 Å². The van der Waals surface area contributed by atoms with Gasteiger partial charge < -0.3 is 10.2 Å². The SMILES string of the molecule is CC(NC(=O)N1CCC2(CCn3nc(-c4cnc5ccccc5c4)cc32)C1)c1ccn(C)n1. The van der Waals surface area contributed by atoms with Crippen molar-refractivity contribution in [2.75, 3.05) is 13.1 Å². The molecule has 4 aromatic rings. The van der Waals surface area contributed by atoms with E-state index in [0.717, 1.165) is 60.3 Å². The summed E-state index contributed by atoms with van der Waals surface area (Å²) in [5, 5.41) is 13.5. The van der Waals surface area contributed by atoms with E-state index in [-0.39, 0.29) is 17.5 Å². The van der Waals surface area contributed by atoms with E-state index in [4.69, 9.17) is 5.10 Å². The van der Waals surface area contributed by atoms with Crippen LogP contribution in [0.3, 0.4) is 0 Å².